The second kappa shape index (κ2) is 5.95. The minimum Gasteiger partial charge on any atom is -0.497 e. The fraction of sp³-hybridized carbons (Fsp3) is 0.533. The van der Waals surface area contributed by atoms with E-state index in [1.807, 2.05) is 0 Å². The van der Waals surface area contributed by atoms with Crippen LogP contribution in [0.2, 0.25) is 0 Å². The molecule has 4 heteroatoms. The van der Waals surface area contributed by atoms with Crippen molar-refractivity contribution in [2.24, 2.45) is 11.8 Å². The van der Waals surface area contributed by atoms with Crippen LogP contribution in [0.1, 0.15) is 36.5 Å². The Labute approximate surface area is 114 Å². The maximum Gasteiger partial charge on any atom is 0.253 e. The molecule has 104 valence electrons. The molecular weight excluding hydrogens is 240 g/mol. The number of nitrogens with one attached hydrogen (secondary N) is 1. The van der Waals surface area contributed by atoms with Gasteiger partial charge in [-0.25, -0.2) is 0 Å². The zero-order chi connectivity index (χ0) is 13.8. The largest absolute Gasteiger partial charge is 0.497 e. The number of hydrogen-bond acceptors (Lipinski definition) is 3. The molecule has 2 unspecified atom stereocenters. The molecule has 0 heterocycles. The van der Waals surface area contributed by atoms with Crippen molar-refractivity contribution in [3.63, 3.8) is 0 Å². The first-order valence-electron chi connectivity index (χ1n) is 6.82. The van der Waals surface area contributed by atoms with Gasteiger partial charge in [-0.15, -0.1) is 0 Å². The Morgan fingerprint density at radius 1 is 1.47 bits per heavy atom. The van der Waals surface area contributed by atoms with Crippen molar-refractivity contribution >= 4 is 11.6 Å². The summed E-state index contributed by atoms with van der Waals surface area (Å²) in [7, 11) is 1.58. The Kier molecular flexibility index (Phi) is 4.30. The molecule has 1 aliphatic rings. The Bertz CT molecular complexity index is 459. The third kappa shape index (κ3) is 3.40. The van der Waals surface area contributed by atoms with Gasteiger partial charge in [0.05, 0.1) is 12.7 Å². The van der Waals surface area contributed by atoms with Gasteiger partial charge in [-0.3, -0.25) is 4.79 Å². The van der Waals surface area contributed by atoms with Crippen molar-refractivity contribution in [2.45, 2.75) is 26.2 Å². The molecule has 3 N–H and O–H groups in total. The van der Waals surface area contributed by atoms with Crippen molar-refractivity contribution in [3.8, 4) is 5.75 Å². The summed E-state index contributed by atoms with van der Waals surface area (Å²) in [6.45, 7) is 3.00. The first-order chi connectivity index (χ1) is 9.10. The zero-order valence-corrected chi connectivity index (χ0v) is 11.6. The van der Waals surface area contributed by atoms with Crippen molar-refractivity contribution in [1.82, 2.24) is 5.32 Å². The highest BCUT2D eigenvalue weighted by Crippen LogP contribution is 2.29. The maximum absolute atomic E-state index is 12.1. The van der Waals surface area contributed by atoms with E-state index in [0.717, 1.165) is 12.5 Å². The summed E-state index contributed by atoms with van der Waals surface area (Å²) in [5.41, 5.74) is 6.81. The maximum atomic E-state index is 12.1. The average molecular weight is 262 g/mol. The molecule has 1 aliphatic carbocycles. The summed E-state index contributed by atoms with van der Waals surface area (Å²) in [5.74, 6) is 1.92. The molecule has 1 aromatic rings. The lowest BCUT2D eigenvalue weighted by Crippen LogP contribution is -2.29. The number of hydrogen-bond donors (Lipinski definition) is 2. The highest BCUT2D eigenvalue weighted by atomic mass is 16.5. The zero-order valence-electron chi connectivity index (χ0n) is 11.6. The molecule has 0 aliphatic heterocycles. The SMILES string of the molecule is COc1ccc(N)c(C(=O)NCC2CCC(C)C2)c1. The lowest BCUT2D eigenvalue weighted by atomic mass is 10.1. The topological polar surface area (TPSA) is 64.3 Å². The lowest BCUT2D eigenvalue weighted by molar-refractivity contribution is 0.0947. The van der Waals surface area contributed by atoms with Gasteiger partial charge in [-0.05, 0) is 42.9 Å². The molecule has 4 nitrogen and oxygen atoms in total. The highest BCUT2D eigenvalue weighted by Gasteiger charge is 2.22. The van der Waals surface area contributed by atoms with Gasteiger partial charge < -0.3 is 15.8 Å². The molecule has 0 aromatic heterocycles. The summed E-state index contributed by atoms with van der Waals surface area (Å²) in [6, 6.07) is 5.14. The van der Waals surface area contributed by atoms with E-state index in [2.05, 4.69) is 12.2 Å². The standard InChI is InChI=1S/C15H22N2O2/c1-10-3-4-11(7-10)9-17-15(18)13-8-12(19-2)5-6-14(13)16/h5-6,8,10-11H,3-4,7,9,16H2,1-2H3,(H,17,18). The summed E-state index contributed by atoms with van der Waals surface area (Å²) in [6.07, 6.45) is 3.67. The molecule has 19 heavy (non-hydrogen) atoms. The number of carbonyl (C=O) groups is 1. The van der Waals surface area contributed by atoms with E-state index in [1.54, 1.807) is 25.3 Å². The Morgan fingerprint density at radius 2 is 2.26 bits per heavy atom. The number of anilines is 1. The summed E-state index contributed by atoms with van der Waals surface area (Å²) in [5, 5.41) is 2.98. The molecule has 1 fully saturated rings. The number of nitrogens with two attached hydrogens (primary N) is 1. The molecule has 0 radical (unpaired) electrons. The third-order valence-corrected chi connectivity index (χ3v) is 3.86. The molecule has 0 saturated heterocycles. The normalized spacial score (nSPS) is 22.2. The number of benzene rings is 1. The van der Waals surface area contributed by atoms with Crippen LogP contribution in [-0.2, 0) is 0 Å². The second-order valence-electron chi connectivity index (χ2n) is 5.45. The number of amides is 1. The molecule has 1 saturated carbocycles. The van der Waals surface area contributed by atoms with Gasteiger partial charge in [0, 0.05) is 12.2 Å². The molecule has 2 atom stereocenters. The molecule has 1 aromatic carbocycles. The minimum atomic E-state index is -0.115. The van der Waals surface area contributed by atoms with E-state index in [0.29, 0.717) is 22.9 Å². The Hall–Kier alpha value is -1.71. The van der Waals surface area contributed by atoms with E-state index in [-0.39, 0.29) is 5.91 Å². The van der Waals surface area contributed by atoms with Crippen molar-refractivity contribution in [1.29, 1.82) is 0 Å². The van der Waals surface area contributed by atoms with E-state index in [9.17, 15) is 4.79 Å². The highest BCUT2D eigenvalue weighted by molar-refractivity contribution is 5.99. The Morgan fingerprint density at radius 3 is 2.89 bits per heavy atom. The van der Waals surface area contributed by atoms with Crippen LogP contribution in [0.4, 0.5) is 5.69 Å². The minimum absolute atomic E-state index is 0.115. The van der Waals surface area contributed by atoms with Crippen LogP contribution in [0.3, 0.4) is 0 Å². The van der Waals surface area contributed by atoms with Gasteiger partial charge in [0.15, 0.2) is 0 Å². The number of ether oxygens (including phenoxy) is 1. The van der Waals surface area contributed by atoms with Gasteiger partial charge in [0.25, 0.3) is 5.91 Å². The van der Waals surface area contributed by atoms with Crippen molar-refractivity contribution in [3.05, 3.63) is 23.8 Å². The summed E-state index contributed by atoms with van der Waals surface area (Å²) >= 11 is 0. The van der Waals surface area contributed by atoms with Gasteiger partial charge in [-0.1, -0.05) is 13.3 Å². The van der Waals surface area contributed by atoms with Gasteiger partial charge in [0.1, 0.15) is 5.75 Å². The first-order valence-corrected chi connectivity index (χ1v) is 6.82. The van der Waals surface area contributed by atoms with Crippen LogP contribution in [0.15, 0.2) is 18.2 Å². The predicted molar refractivity (Wildman–Crippen MR) is 76.2 cm³/mol. The monoisotopic (exact) mass is 262 g/mol. The number of carbonyl (C=O) groups excluding carboxylic acids is 1. The van der Waals surface area contributed by atoms with Gasteiger partial charge >= 0.3 is 0 Å². The van der Waals surface area contributed by atoms with Crippen LogP contribution in [0.5, 0.6) is 5.75 Å². The smallest absolute Gasteiger partial charge is 0.253 e. The molecule has 1 amide bonds. The molecular formula is C15H22N2O2. The van der Waals surface area contributed by atoms with E-state index in [1.165, 1.54) is 19.3 Å². The van der Waals surface area contributed by atoms with E-state index >= 15 is 0 Å². The molecule has 0 spiro atoms. The lowest BCUT2D eigenvalue weighted by Gasteiger charge is -2.13. The second-order valence-corrected chi connectivity index (χ2v) is 5.45. The third-order valence-electron chi connectivity index (χ3n) is 3.86. The van der Waals surface area contributed by atoms with E-state index < -0.39 is 0 Å². The fourth-order valence-electron chi connectivity index (χ4n) is 2.70. The fourth-order valence-corrected chi connectivity index (χ4v) is 2.70. The Balaban J connectivity index is 1.96. The van der Waals surface area contributed by atoms with Crippen molar-refractivity contribution < 1.29 is 9.53 Å². The molecule has 0 bridgehead atoms. The molecule has 2 rings (SSSR count). The van der Waals surface area contributed by atoms with Crippen LogP contribution in [0, 0.1) is 11.8 Å². The quantitative estimate of drug-likeness (QED) is 0.819. The van der Waals surface area contributed by atoms with Gasteiger partial charge in [-0.2, -0.15) is 0 Å². The first kappa shape index (κ1) is 13.7. The summed E-state index contributed by atoms with van der Waals surface area (Å²) in [4.78, 5) is 12.1. The van der Waals surface area contributed by atoms with E-state index in [4.69, 9.17) is 10.5 Å². The predicted octanol–water partition coefficient (Wildman–Crippen LogP) is 2.44. The number of rotatable bonds is 4. The van der Waals surface area contributed by atoms with Crippen LogP contribution < -0.4 is 15.8 Å². The summed E-state index contributed by atoms with van der Waals surface area (Å²) < 4.78 is 5.12. The van der Waals surface area contributed by atoms with Gasteiger partial charge in [0.2, 0.25) is 0 Å². The van der Waals surface area contributed by atoms with Crippen LogP contribution in [0.25, 0.3) is 0 Å². The van der Waals surface area contributed by atoms with Crippen molar-refractivity contribution in [2.75, 3.05) is 19.4 Å². The number of methoxy groups -OCH3 is 1. The van der Waals surface area contributed by atoms with Crippen LogP contribution in [-0.4, -0.2) is 19.6 Å². The number of nitrogen functional groups attached to an aromatic ring is 1. The van der Waals surface area contributed by atoms with Crippen LogP contribution >= 0.6 is 0 Å². The average Bonchev–Trinajstić information content (AvgIpc) is 2.82.